The number of carbonyl (C=O) groups is 2. The Balaban J connectivity index is 2.41. The Kier molecular flexibility index (Phi) is 3.39. The molecule has 5 N–H and O–H groups in total. The van der Waals surface area contributed by atoms with Crippen molar-refractivity contribution in [3.63, 3.8) is 0 Å². The van der Waals surface area contributed by atoms with Gasteiger partial charge in [-0.2, -0.15) is 0 Å². The molecule has 0 fully saturated rings. The smallest absolute Gasteiger partial charge is 0.264 e. The minimum absolute atomic E-state index is 0.0762. The molecule has 1 heterocycles. The van der Waals surface area contributed by atoms with Crippen LogP contribution in [0.3, 0.4) is 0 Å². The van der Waals surface area contributed by atoms with Crippen molar-refractivity contribution in [1.82, 2.24) is 5.32 Å². The molecule has 1 atom stereocenters. The fraction of sp³-hybridized carbons (Fsp3) is 0.167. The first-order valence-electron chi connectivity index (χ1n) is 5.48. The van der Waals surface area contributed by atoms with Crippen molar-refractivity contribution in [2.45, 2.75) is 13.0 Å². The summed E-state index contributed by atoms with van der Waals surface area (Å²) in [6.45, 7) is 1.46. The zero-order valence-electron chi connectivity index (χ0n) is 10.1. The van der Waals surface area contributed by atoms with E-state index in [4.69, 9.17) is 11.5 Å². The minimum Gasteiger partial charge on any atom is -0.397 e. The first-order chi connectivity index (χ1) is 8.91. The molecule has 1 aromatic heterocycles. The van der Waals surface area contributed by atoms with Gasteiger partial charge in [0.1, 0.15) is 16.7 Å². The molecule has 0 radical (unpaired) electrons. The Morgan fingerprint density at radius 1 is 1.42 bits per heavy atom. The van der Waals surface area contributed by atoms with Crippen LogP contribution in [0.4, 0.5) is 10.1 Å². The molecule has 19 heavy (non-hydrogen) atoms. The number of halogens is 1. The summed E-state index contributed by atoms with van der Waals surface area (Å²) in [5.41, 5.74) is 10.9. The summed E-state index contributed by atoms with van der Waals surface area (Å²) in [4.78, 5) is 23.0. The van der Waals surface area contributed by atoms with E-state index in [1.165, 1.54) is 13.0 Å². The molecule has 5 nitrogen and oxygen atoms in total. The largest absolute Gasteiger partial charge is 0.397 e. The van der Waals surface area contributed by atoms with Crippen molar-refractivity contribution in [3.8, 4) is 0 Å². The monoisotopic (exact) mass is 281 g/mol. The molecule has 2 amide bonds. The van der Waals surface area contributed by atoms with Gasteiger partial charge in [-0.05, 0) is 19.1 Å². The minimum atomic E-state index is -0.818. The third kappa shape index (κ3) is 2.37. The van der Waals surface area contributed by atoms with Gasteiger partial charge in [0.25, 0.3) is 5.91 Å². The second-order valence-corrected chi connectivity index (χ2v) is 5.11. The van der Waals surface area contributed by atoms with E-state index >= 15 is 0 Å². The molecule has 1 unspecified atom stereocenters. The summed E-state index contributed by atoms with van der Waals surface area (Å²) in [6, 6.07) is 3.68. The van der Waals surface area contributed by atoms with Gasteiger partial charge in [0.15, 0.2) is 0 Å². The van der Waals surface area contributed by atoms with Gasteiger partial charge in [0, 0.05) is 4.70 Å². The summed E-state index contributed by atoms with van der Waals surface area (Å²) >= 11 is 1.07. The number of amides is 2. The molecule has 0 spiro atoms. The van der Waals surface area contributed by atoms with E-state index in [0.717, 1.165) is 11.3 Å². The van der Waals surface area contributed by atoms with Crippen LogP contribution in [-0.2, 0) is 4.79 Å². The second-order valence-electron chi connectivity index (χ2n) is 4.06. The third-order valence-corrected chi connectivity index (χ3v) is 3.85. The number of carbonyl (C=O) groups excluding carboxylic acids is 2. The van der Waals surface area contributed by atoms with Crippen molar-refractivity contribution < 1.29 is 14.0 Å². The fourth-order valence-corrected chi connectivity index (χ4v) is 2.67. The lowest BCUT2D eigenvalue weighted by atomic mass is 10.2. The number of anilines is 1. The van der Waals surface area contributed by atoms with E-state index in [2.05, 4.69) is 5.32 Å². The number of fused-ring (bicyclic) bond motifs is 1. The van der Waals surface area contributed by atoms with Crippen LogP contribution >= 0.6 is 11.3 Å². The van der Waals surface area contributed by atoms with Crippen LogP contribution in [0, 0.1) is 5.82 Å². The number of hydrogen-bond donors (Lipinski definition) is 3. The van der Waals surface area contributed by atoms with Crippen molar-refractivity contribution in [3.05, 3.63) is 28.9 Å². The summed E-state index contributed by atoms with van der Waals surface area (Å²) in [7, 11) is 0. The zero-order chi connectivity index (χ0) is 14.2. The molecule has 0 aliphatic rings. The number of nitrogens with one attached hydrogen (secondary N) is 1. The average molecular weight is 281 g/mol. The molecule has 0 aliphatic heterocycles. The van der Waals surface area contributed by atoms with Gasteiger partial charge >= 0.3 is 0 Å². The zero-order valence-corrected chi connectivity index (χ0v) is 10.9. The Labute approximate surface area is 112 Å². The molecular weight excluding hydrogens is 269 g/mol. The van der Waals surface area contributed by atoms with Crippen LogP contribution < -0.4 is 16.8 Å². The molecule has 7 heteroatoms. The Morgan fingerprint density at radius 3 is 2.68 bits per heavy atom. The number of hydrogen-bond acceptors (Lipinski definition) is 4. The van der Waals surface area contributed by atoms with Crippen LogP contribution in [0.2, 0.25) is 0 Å². The molecular formula is C12H12FN3O2S. The van der Waals surface area contributed by atoms with Crippen molar-refractivity contribution in [2.75, 3.05) is 5.73 Å². The Hall–Kier alpha value is -2.15. The maximum atomic E-state index is 13.6. The molecule has 0 bridgehead atoms. The Morgan fingerprint density at radius 2 is 2.11 bits per heavy atom. The van der Waals surface area contributed by atoms with E-state index in [9.17, 15) is 14.0 Å². The third-order valence-electron chi connectivity index (χ3n) is 2.68. The van der Waals surface area contributed by atoms with E-state index in [-0.39, 0.29) is 16.0 Å². The summed E-state index contributed by atoms with van der Waals surface area (Å²) in [6.07, 6.45) is 0. The van der Waals surface area contributed by atoms with E-state index in [1.54, 1.807) is 12.1 Å². The molecule has 0 saturated heterocycles. The SMILES string of the molecule is CC(NC(=O)c1sc2cccc(F)c2c1N)C(N)=O. The number of benzene rings is 1. The van der Waals surface area contributed by atoms with Crippen molar-refractivity contribution in [2.24, 2.45) is 5.73 Å². The predicted octanol–water partition coefficient (Wildman–Crippen LogP) is 1.23. The number of rotatable bonds is 3. The highest BCUT2D eigenvalue weighted by molar-refractivity contribution is 7.21. The van der Waals surface area contributed by atoms with Crippen LogP contribution in [0.15, 0.2) is 18.2 Å². The van der Waals surface area contributed by atoms with E-state index in [0.29, 0.717) is 4.70 Å². The van der Waals surface area contributed by atoms with Crippen LogP contribution in [-0.4, -0.2) is 17.9 Å². The Bertz CT molecular complexity index is 668. The van der Waals surface area contributed by atoms with Gasteiger partial charge in [-0.3, -0.25) is 9.59 Å². The van der Waals surface area contributed by atoms with Gasteiger partial charge in [-0.25, -0.2) is 4.39 Å². The van der Waals surface area contributed by atoms with E-state index < -0.39 is 23.7 Å². The first kappa shape index (κ1) is 13.3. The van der Waals surface area contributed by atoms with Crippen molar-refractivity contribution in [1.29, 1.82) is 0 Å². The summed E-state index contributed by atoms with van der Waals surface area (Å²) in [5.74, 6) is -1.67. The number of thiophene rings is 1. The van der Waals surface area contributed by atoms with Crippen molar-refractivity contribution >= 4 is 38.9 Å². The standard InChI is InChI=1S/C12H12FN3O2S/c1-5(11(15)17)16-12(18)10-9(14)8-6(13)3-2-4-7(8)19-10/h2-5H,14H2,1H3,(H2,15,17)(H,16,18). The van der Waals surface area contributed by atoms with Gasteiger partial charge in [0.2, 0.25) is 5.91 Å². The van der Waals surface area contributed by atoms with Gasteiger partial charge in [0.05, 0.1) is 11.1 Å². The number of primary amides is 1. The van der Waals surface area contributed by atoms with Crippen LogP contribution in [0.5, 0.6) is 0 Å². The second kappa shape index (κ2) is 4.85. The highest BCUT2D eigenvalue weighted by atomic mass is 32.1. The molecule has 2 rings (SSSR count). The predicted molar refractivity (Wildman–Crippen MR) is 72.3 cm³/mol. The van der Waals surface area contributed by atoms with Crippen LogP contribution in [0.1, 0.15) is 16.6 Å². The first-order valence-corrected chi connectivity index (χ1v) is 6.30. The van der Waals surface area contributed by atoms with Gasteiger partial charge in [-0.1, -0.05) is 6.07 Å². The molecule has 0 aliphatic carbocycles. The summed E-state index contributed by atoms with van der Waals surface area (Å²) in [5, 5.41) is 2.64. The maximum absolute atomic E-state index is 13.6. The topological polar surface area (TPSA) is 98.2 Å². The number of nitrogens with two attached hydrogens (primary N) is 2. The van der Waals surface area contributed by atoms with Gasteiger partial charge in [-0.15, -0.1) is 11.3 Å². The molecule has 1 aromatic carbocycles. The lowest BCUT2D eigenvalue weighted by Crippen LogP contribution is -2.42. The molecule has 0 saturated carbocycles. The highest BCUT2D eigenvalue weighted by Gasteiger charge is 2.21. The fourth-order valence-electron chi connectivity index (χ4n) is 1.63. The maximum Gasteiger partial charge on any atom is 0.264 e. The quantitative estimate of drug-likeness (QED) is 0.789. The van der Waals surface area contributed by atoms with E-state index in [1.807, 2.05) is 0 Å². The highest BCUT2D eigenvalue weighted by Crippen LogP contribution is 2.35. The lowest BCUT2D eigenvalue weighted by molar-refractivity contribution is -0.119. The van der Waals surface area contributed by atoms with Crippen LogP contribution in [0.25, 0.3) is 10.1 Å². The molecule has 2 aromatic rings. The average Bonchev–Trinajstić information content (AvgIpc) is 2.68. The number of nitrogen functional groups attached to an aromatic ring is 1. The lowest BCUT2D eigenvalue weighted by Gasteiger charge is -2.09. The normalized spacial score (nSPS) is 12.3. The molecule has 100 valence electrons. The van der Waals surface area contributed by atoms with Gasteiger partial charge < -0.3 is 16.8 Å². The summed E-state index contributed by atoms with van der Waals surface area (Å²) < 4.78 is 14.2.